The van der Waals surface area contributed by atoms with Crippen molar-refractivity contribution >= 4 is 0 Å². The molecule has 3 nitrogen and oxygen atoms in total. The summed E-state index contributed by atoms with van der Waals surface area (Å²) >= 11 is 0. The van der Waals surface area contributed by atoms with Gasteiger partial charge in [0.2, 0.25) is 0 Å². The number of aliphatic hydroxyl groups is 1. The summed E-state index contributed by atoms with van der Waals surface area (Å²) in [6, 6.07) is 1.42. The van der Waals surface area contributed by atoms with Gasteiger partial charge in [0.05, 0.1) is 0 Å². The van der Waals surface area contributed by atoms with Gasteiger partial charge in [0.25, 0.3) is 0 Å². The highest BCUT2D eigenvalue weighted by Gasteiger charge is 2.32. The summed E-state index contributed by atoms with van der Waals surface area (Å²) in [7, 11) is 0. The zero-order valence-corrected chi connectivity index (χ0v) is 12.8. The van der Waals surface area contributed by atoms with Gasteiger partial charge in [-0.25, -0.2) is 0 Å². The lowest BCUT2D eigenvalue weighted by Gasteiger charge is -2.42. The molecule has 3 heteroatoms. The van der Waals surface area contributed by atoms with Crippen molar-refractivity contribution in [1.82, 2.24) is 10.2 Å². The molecule has 0 aromatic carbocycles. The van der Waals surface area contributed by atoms with Gasteiger partial charge in [0.15, 0.2) is 0 Å². The van der Waals surface area contributed by atoms with Crippen molar-refractivity contribution < 1.29 is 5.11 Å². The number of likely N-dealkylation sites (tertiary alicyclic amines) is 1. The van der Waals surface area contributed by atoms with Crippen molar-refractivity contribution in [2.24, 2.45) is 5.41 Å². The van der Waals surface area contributed by atoms with Crippen LogP contribution in [0.5, 0.6) is 0 Å². The van der Waals surface area contributed by atoms with E-state index in [0.29, 0.717) is 18.1 Å². The van der Waals surface area contributed by atoms with Gasteiger partial charge in [-0.2, -0.15) is 0 Å². The van der Waals surface area contributed by atoms with Crippen LogP contribution >= 0.6 is 0 Å². The summed E-state index contributed by atoms with van der Waals surface area (Å²) in [5, 5.41) is 12.9. The minimum atomic E-state index is 0.338. The number of piperidine rings is 1. The maximum atomic E-state index is 9.24. The highest BCUT2D eigenvalue weighted by Crippen LogP contribution is 2.29. The molecule has 2 unspecified atom stereocenters. The molecule has 1 aliphatic carbocycles. The molecule has 1 aliphatic heterocycles. The molecule has 2 aliphatic rings. The molecule has 0 aromatic rings. The molecule has 2 atom stereocenters. The molecule has 19 heavy (non-hydrogen) atoms. The quantitative estimate of drug-likeness (QED) is 0.709. The Morgan fingerprint density at radius 2 is 2.05 bits per heavy atom. The second kappa shape index (κ2) is 7.05. The van der Waals surface area contributed by atoms with Crippen molar-refractivity contribution in [3.05, 3.63) is 0 Å². The van der Waals surface area contributed by atoms with Gasteiger partial charge in [0, 0.05) is 31.8 Å². The van der Waals surface area contributed by atoms with Gasteiger partial charge in [0.1, 0.15) is 0 Å². The fourth-order valence-corrected chi connectivity index (χ4v) is 3.21. The van der Waals surface area contributed by atoms with E-state index in [2.05, 4.69) is 24.1 Å². The maximum Gasteiger partial charge on any atom is 0.0445 e. The Bertz CT molecular complexity index is 265. The van der Waals surface area contributed by atoms with Gasteiger partial charge < -0.3 is 10.4 Å². The normalized spacial score (nSPS) is 28.3. The molecule has 0 spiro atoms. The van der Waals surface area contributed by atoms with Crippen LogP contribution in [0.2, 0.25) is 0 Å². The molecular weight excluding hydrogens is 236 g/mol. The zero-order valence-electron chi connectivity index (χ0n) is 12.8. The van der Waals surface area contributed by atoms with Crippen molar-refractivity contribution in [3.63, 3.8) is 0 Å². The Balaban J connectivity index is 1.86. The van der Waals surface area contributed by atoms with Crippen molar-refractivity contribution in [2.75, 3.05) is 26.2 Å². The third-order valence-electron chi connectivity index (χ3n) is 5.04. The largest absolute Gasteiger partial charge is 0.396 e. The molecule has 2 rings (SSSR count). The topological polar surface area (TPSA) is 35.5 Å². The molecule has 0 radical (unpaired) electrons. The Hall–Kier alpha value is -0.120. The Morgan fingerprint density at radius 1 is 1.26 bits per heavy atom. The van der Waals surface area contributed by atoms with E-state index >= 15 is 0 Å². The summed E-state index contributed by atoms with van der Waals surface area (Å²) in [5.74, 6) is 0. The lowest BCUT2D eigenvalue weighted by Crippen LogP contribution is -2.48. The van der Waals surface area contributed by atoms with Gasteiger partial charge >= 0.3 is 0 Å². The number of nitrogens with one attached hydrogen (secondary N) is 1. The average Bonchev–Trinajstić information content (AvgIpc) is 3.23. The first kappa shape index (κ1) is 15.3. The van der Waals surface area contributed by atoms with E-state index < -0.39 is 0 Å². The van der Waals surface area contributed by atoms with Crippen LogP contribution in [0, 0.1) is 5.41 Å². The molecule has 1 saturated carbocycles. The van der Waals surface area contributed by atoms with Crippen LogP contribution in [0.4, 0.5) is 0 Å². The van der Waals surface area contributed by atoms with E-state index in [9.17, 15) is 5.11 Å². The smallest absolute Gasteiger partial charge is 0.0445 e. The van der Waals surface area contributed by atoms with E-state index in [1.807, 2.05) is 0 Å². The molecule has 1 saturated heterocycles. The zero-order chi connectivity index (χ0) is 13.7. The fourth-order valence-electron chi connectivity index (χ4n) is 3.21. The number of nitrogens with zero attached hydrogens (tertiary/aromatic N) is 1. The highest BCUT2D eigenvalue weighted by atomic mass is 16.3. The summed E-state index contributed by atoms with van der Waals surface area (Å²) in [5.41, 5.74) is 0.383. The second-order valence-electron chi connectivity index (χ2n) is 6.95. The Kier molecular flexibility index (Phi) is 5.67. The summed E-state index contributed by atoms with van der Waals surface area (Å²) in [6.45, 7) is 8.64. The van der Waals surface area contributed by atoms with Crippen LogP contribution in [0.25, 0.3) is 0 Å². The second-order valence-corrected chi connectivity index (χ2v) is 6.95. The number of rotatable bonds is 8. The number of hydrogen-bond donors (Lipinski definition) is 2. The highest BCUT2D eigenvalue weighted by molar-refractivity contribution is 4.88. The van der Waals surface area contributed by atoms with Gasteiger partial charge in [-0.1, -0.05) is 20.3 Å². The van der Waals surface area contributed by atoms with Crippen LogP contribution in [-0.4, -0.2) is 48.3 Å². The summed E-state index contributed by atoms with van der Waals surface area (Å²) in [4.78, 5) is 2.65. The lowest BCUT2D eigenvalue weighted by atomic mass is 9.85. The average molecular weight is 268 g/mol. The van der Waals surface area contributed by atoms with Crippen LogP contribution in [0.15, 0.2) is 0 Å². The molecule has 0 aromatic heterocycles. The van der Waals surface area contributed by atoms with E-state index in [4.69, 9.17) is 0 Å². The van der Waals surface area contributed by atoms with Gasteiger partial charge in [-0.3, -0.25) is 4.90 Å². The minimum absolute atomic E-state index is 0.338. The Labute approximate surface area is 118 Å². The predicted molar refractivity (Wildman–Crippen MR) is 80.3 cm³/mol. The first-order valence-corrected chi connectivity index (χ1v) is 8.25. The lowest BCUT2D eigenvalue weighted by molar-refractivity contribution is 0.0697. The summed E-state index contributed by atoms with van der Waals surface area (Å²) < 4.78 is 0. The van der Waals surface area contributed by atoms with Crippen LogP contribution in [0.1, 0.15) is 58.8 Å². The molecule has 1 heterocycles. The fraction of sp³-hybridized carbons (Fsp3) is 1.00. The standard InChI is InChI=1S/C16H32N2O/c1-3-16(2,12-17-14-7-8-14)13-18-10-5-4-6-15(18)9-11-19/h14-15,17,19H,3-13H2,1-2H3. The maximum absolute atomic E-state index is 9.24. The SMILES string of the molecule is CCC(C)(CNC1CC1)CN1CCCCC1CCO. The third-order valence-corrected chi connectivity index (χ3v) is 5.04. The van der Waals surface area contributed by atoms with E-state index in [-0.39, 0.29) is 0 Å². The van der Waals surface area contributed by atoms with Gasteiger partial charge in [-0.05, 0) is 50.5 Å². The van der Waals surface area contributed by atoms with E-state index in [1.165, 1.54) is 51.6 Å². The van der Waals surface area contributed by atoms with E-state index in [1.54, 1.807) is 0 Å². The molecule has 2 fully saturated rings. The number of hydrogen-bond acceptors (Lipinski definition) is 3. The van der Waals surface area contributed by atoms with Crippen molar-refractivity contribution in [3.8, 4) is 0 Å². The number of aliphatic hydroxyl groups excluding tert-OH is 1. The van der Waals surface area contributed by atoms with Crippen LogP contribution in [-0.2, 0) is 0 Å². The molecule has 0 bridgehead atoms. The predicted octanol–water partition coefficient (Wildman–Crippen LogP) is 2.39. The van der Waals surface area contributed by atoms with E-state index in [0.717, 1.165) is 19.0 Å². The first-order chi connectivity index (χ1) is 9.17. The van der Waals surface area contributed by atoms with Crippen LogP contribution in [0.3, 0.4) is 0 Å². The molecule has 112 valence electrons. The molecular formula is C16H32N2O. The molecule has 0 amide bonds. The monoisotopic (exact) mass is 268 g/mol. The Morgan fingerprint density at radius 3 is 2.68 bits per heavy atom. The molecule has 2 N–H and O–H groups in total. The summed E-state index contributed by atoms with van der Waals surface area (Å²) in [6.07, 6.45) is 8.87. The van der Waals surface area contributed by atoms with Crippen LogP contribution < -0.4 is 5.32 Å². The minimum Gasteiger partial charge on any atom is -0.396 e. The van der Waals surface area contributed by atoms with Crippen molar-refractivity contribution in [1.29, 1.82) is 0 Å². The third kappa shape index (κ3) is 4.73. The van der Waals surface area contributed by atoms with Crippen molar-refractivity contribution in [2.45, 2.75) is 70.9 Å². The first-order valence-electron chi connectivity index (χ1n) is 8.25. The van der Waals surface area contributed by atoms with Gasteiger partial charge in [-0.15, -0.1) is 0 Å².